The van der Waals surface area contributed by atoms with Crippen molar-refractivity contribution >= 4 is 46.6 Å². The zero-order valence-electron chi connectivity index (χ0n) is 21.4. The molecule has 0 aromatic heterocycles. The van der Waals surface area contributed by atoms with E-state index in [0.29, 0.717) is 27.9 Å². The van der Waals surface area contributed by atoms with Gasteiger partial charge in [-0.1, -0.05) is 47.8 Å². The molecule has 198 valence electrons. The molecule has 0 unspecified atom stereocenters. The summed E-state index contributed by atoms with van der Waals surface area (Å²) in [6.07, 6.45) is 5.79. The van der Waals surface area contributed by atoms with Crippen LogP contribution in [0.1, 0.15) is 52.0 Å². The van der Waals surface area contributed by atoms with E-state index >= 15 is 0 Å². The molecule has 2 aromatic carbocycles. The van der Waals surface area contributed by atoms with Crippen LogP contribution in [0, 0.1) is 5.82 Å². The highest BCUT2D eigenvalue weighted by atomic mass is 35.5. The number of hydrazine groups is 1. The number of hydrogen-bond donors (Lipinski definition) is 2. The molecule has 0 radical (unpaired) electrons. The molecule has 4 rings (SSSR count). The van der Waals surface area contributed by atoms with E-state index in [1.807, 2.05) is 37.9 Å². The number of hydrogen-bond acceptors (Lipinski definition) is 5. The second-order valence-corrected chi connectivity index (χ2v) is 10.0. The van der Waals surface area contributed by atoms with E-state index in [1.165, 1.54) is 18.6 Å². The fourth-order valence-electron chi connectivity index (χ4n) is 3.91. The van der Waals surface area contributed by atoms with Crippen molar-refractivity contribution in [1.82, 2.24) is 10.4 Å². The SMILES string of the molecule is C/C(=C/c1ccc(F)cc1)CO.CC1=C(C)N(c2ccc(Cl)cc2Cl)N=C(C(=O)NN2CCCCC2)C1. The number of hydrazone groups is 1. The number of anilines is 1. The summed E-state index contributed by atoms with van der Waals surface area (Å²) in [4.78, 5) is 12.6. The summed E-state index contributed by atoms with van der Waals surface area (Å²) in [5, 5.41) is 18.0. The summed E-state index contributed by atoms with van der Waals surface area (Å²) in [6, 6.07) is 11.4. The Bertz CT molecular complexity index is 1190. The highest BCUT2D eigenvalue weighted by Gasteiger charge is 2.25. The molecule has 9 heteroatoms. The number of carbonyl (C=O) groups excluding carboxylic acids is 1. The quantitative estimate of drug-likeness (QED) is 0.443. The summed E-state index contributed by atoms with van der Waals surface area (Å²) < 4.78 is 12.4. The molecule has 6 nitrogen and oxygen atoms in total. The van der Waals surface area contributed by atoms with Crippen LogP contribution in [0.15, 0.2) is 64.4 Å². The number of benzene rings is 2. The maximum Gasteiger partial charge on any atom is 0.282 e. The Kier molecular flexibility index (Phi) is 10.7. The Hall–Kier alpha value is -2.71. The van der Waals surface area contributed by atoms with Crippen LogP contribution in [-0.2, 0) is 4.79 Å². The number of nitrogens with one attached hydrogen (secondary N) is 1. The fourth-order valence-corrected chi connectivity index (χ4v) is 4.40. The molecule has 0 spiro atoms. The second kappa shape index (κ2) is 13.7. The van der Waals surface area contributed by atoms with Gasteiger partial charge < -0.3 is 5.11 Å². The minimum absolute atomic E-state index is 0.0391. The first-order chi connectivity index (χ1) is 17.7. The third-order valence-electron chi connectivity index (χ3n) is 6.14. The van der Waals surface area contributed by atoms with Crippen molar-refractivity contribution in [3.63, 3.8) is 0 Å². The van der Waals surface area contributed by atoms with Crippen LogP contribution >= 0.6 is 23.2 Å². The molecule has 37 heavy (non-hydrogen) atoms. The van der Waals surface area contributed by atoms with Gasteiger partial charge in [-0.05, 0) is 80.7 Å². The Morgan fingerprint density at radius 1 is 1.11 bits per heavy atom. The lowest BCUT2D eigenvalue weighted by molar-refractivity contribution is -0.119. The smallest absolute Gasteiger partial charge is 0.282 e. The topological polar surface area (TPSA) is 68.2 Å². The summed E-state index contributed by atoms with van der Waals surface area (Å²) in [5.74, 6) is -0.391. The average molecular weight is 548 g/mol. The van der Waals surface area contributed by atoms with Gasteiger partial charge in [0.15, 0.2) is 0 Å². The zero-order valence-corrected chi connectivity index (χ0v) is 22.9. The number of rotatable bonds is 5. The van der Waals surface area contributed by atoms with Crippen LogP contribution in [0.5, 0.6) is 0 Å². The van der Waals surface area contributed by atoms with Gasteiger partial charge in [0.2, 0.25) is 0 Å². The van der Waals surface area contributed by atoms with E-state index in [4.69, 9.17) is 28.3 Å². The molecule has 0 saturated carbocycles. The number of allylic oxidation sites excluding steroid dienone is 2. The zero-order chi connectivity index (χ0) is 26.9. The van der Waals surface area contributed by atoms with Crippen LogP contribution < -0.4 is 10.4 Å². The first-order valence-electron chi connectivity index (χ1n) is 12.3. The predicted molar refractivity (Wildman–Crippen MR) is 150 cm³/mol. The third kappa shape index (κ3) is 8.40. The van der Waals surface area contributed by atoms with Crippen molar-refractivity contribution < 1.29 is 14.3 Å². The van der Waals surface area contributed by atoms with Crippen LogP contribution in [0.3, 0.4) is 0 Å². The van der Waals surface area contributed by atoms with Crippen molar-refractivity contribution in [1.29, 1.82) is 0 Å². The normalized spacial score (nSPS) is 16.7. The van der Waals surface area contributed by atoms with E-state index < -0.39 is 0 Å². The molecule has 0 atom stereocenters. The minimum atomic E-state index is -0.242. The standard InChI is InChI=1S/C18H22Cl2N4O.C10H11FO/c1-12-10-16(18(25)22-23-8-4-3-5-9-23)21-24(13(12)2)17-7-6-14(19)11-15(17)20;1-8(7-12)6-9-2-4-10(11)5-3-9/h6-7,11H,3-5,8-10H2,1-2H3,(H,22,25);2-6,12H,7H2,1H3/b;8-6-. The van der Waals surface area contributed by atoms with Crippen molar-refractivity contribution in [3.05, 3.63) is 80.7 Å². The van der Waals surface area contributed by atoms with Gasteiger partial charge in [-0.2, -0.15) is 5.10 Å². The number of aliphatic hydroxyl groups is 1. The molecular formula is C28H33Cl2FN4O2. The van der Waals surface area contributed by atoms with Gasteiger partial charge in [-0.3, -0.25) is 10.2 Å². The van der Waals surface area contributed by atoms with Gasteiger partial charge >= 0.3 is 0 Å². The van der Waals surface area contributed by atoms with Crippen molar-refractivity contribution in [2.75, 3.05) is 24.7 Å². The van der Waals surface area contributed by atoms with Gasteiger partial charge in [0.25, 0.3) is 5.91 Å². The van der Waals surface area contributed by atoms with E-state index in [-0.39, 0.29) is 18.3 Å². The Balaban J connectivity index is 0.000000266. The van der Waals surface area contributed by atoms with Crippen molar-refractivity contribution in [3.8, 4) is 0 Å². The Labute approximate surface area is 228 Å². The van der Waals surface area contributed by atoms with Crippen LogP contribution in [-0.4, -0.2) is 41.4 Å². The highest BCUT2D eigenvalue weighted by Crippen LogP contribution is 2.34. The summed E-state index contributed by atoms with van der Waals surface area (Å²) in [7, 11) is 0. The first-order valence-corrected chi connectivity index (χ1v) is 13.0. The summed E-state index contributed by atoms with van der Waals surface area (Å²) in [5.41, 5.74) is 8.01. The van der Waals surface area contributed by atoms with E-state index in [9.17, 15) is 9.18 Å². The van der Waals surface area contributed by atoms with Crippen LogP contribution in [0.4, 0.5) is 10.1 Å². The number of aliphatic hydroxyl groups excluding tert-OH is 1. The molecule has 1 amide bonds. The molecule has 2 aromatic rings. The maximum atomic E-state index is 12.6. The lowest BCUT2D eigenvalue weighted by atomic mass is 10.1. The highest BCUT2D eigenvalue weighted by molar-refractivity contribution is 6.40. The van der Waals surface area contributed by atoms with Crippen molar-refractivity contribution in [2.45, 2.75) is 46.5 Å². The molecule has 1 saturated heterocycles. The summed E-state index contributed by atoms with van der Waals surface area (Å²) >= 11 is 12.3. The molecule has 0 aliphatic carbocycles. The molecule has 2 heterocycles. The molecule has 1 fully saturated rings. The minimum Gasteiger partial charge on any atom is -0.392 e. The van der Waals surface area contributed by atoms with Crippen LogP contribution in [0.25, 0.3) is 6.08 Å². The van der Waals surface area contributed by atoms with Gasteiger partial charge in [0.1, 0.15) is 11.5 Å². The molecule has 2 aliphatic heterocycles. The lowest BCUT2D eigenvalue weighted by Gasteiger charge is -2.30. The van der Waals surface area contributed by atoms with E-state index in [0.717, 1.165) is 48.3 Å². The third-order valence-corrected chi connectivity index (χ3v) is 6.67. The van der Waals surface area contributed by atoms with Gasteiger partial charge in [0, 0.05) is 30.2 Å². The number of piperidine rings is 1. The monoisotopic (exact) mass is 546 g/mol. The molecule has 2 aliphatic rings. The lowest BCUT2D eigenvalue weighted by Crippen LogP contribution is -2.48. The largest absolute Gasteiger partial charge is 0.392 e. The summed E-state index contributed by atoms with van der Waals surface area (Å²) in [6.45, 7) is 7.62. The second-order valence-electron chi connectivity index (χ2n) is 9.19. The molecule has 2 N–H and O–H groups in total. The van der Waals surface area contributed by atoms with Crippen LogP contribution in [0.2, 0.25) is 10.0 Å². The molecule has 0 bridgehead atoms. The van der Waals surface area contributed by atoms with Gasteiger partial charge in [0.05, 0.1) is 17.3 Å². The van der Waals surface area contributed by atoms with Gasteiger partial charge in [-0.15, -0.1) is 0 Å². The average Bonchev–Trinajstić information content (AvgIpc) is 2.88. The number of nitrogens with zero attached hydrogens (tertiary/aromatic N) is 3. The van der Waals surface area contributed by atoms with E-state index in [2.05, 4.69) is 10.5 Å². The Morgan fingerprint density at radius 2 is 1.78 bits per heavy atom. The fraction of sp³-hybridized carbons (Fsp3) is 0.357. The number of amides is 1. The maximum absolute atomic E-state index is 12.6. The Morgan fingerprint density at radius 3 is 2.41 bits per heavy atom. The van der Waals surface area contributed by atoms with Gasteiger partial charge in [-0.25, -0.2) is 14.4 Å². The molecular weight excluding hydrogens is 514 g/mol. The predicted octanol–water partition coefficient (Wildman–Crippen LogP) is 6.59. The van der Waals surface area contributed by atoms with Crippen molar-refractivity contribution in [2.24, 2.45) is 5.10 Å². The first kappa shape index (κ1) is 28.9. The van der Waals surface area contributed by atoms with E-state index in [1.54, 1.807) is 29.3 Å². The number of carbonyl (C=O) groups is 1. The number of halogens is 3.